The van der Waals surface area contributed by atoms with Crippen molar-refractivity contribution >= 4 is 11.8 Å². The Morgan fingerprint density at radius 2 is 1.82 bits per heavy atom. The molecule has 0 aliphatic carbocycles. The fraction of sp³-hybridized carbons (Fsp3) is 0.750. The molecule has 0 aliphatic rings. The summed E-state index contributed by atoms with van der Waals surface area (Å²) in [6.07, 6.45) is 0.425. The molecule has 0 aromatic carbocycles. The highest BCUT2D eigenvalue weighted by Crippen LogP contribution is 2.19. The standard InChI is InChI=1S/C12H21N3O2/c1-5-12(4,9-13)11(17)14-8-10(16)15(6-2)7-3/h5-8H2,1-4H3,(H,14,17). The fourth-order valence-corrected chi connectivity index (χ4v) is 1.33. The number of carbonyl (C=O) groups is 2. The van der Waals surface area contributed by atoms with Gasteiger partial charge in [-0.15, -0.1) is 0 Å². The maximum Gasteiger partial charge on any atom is 0.241 e. The van der Waals surface area contributed by atoms with Gasteiger partial charge in [-0.2, -0.15) is 5.26 Å². The number of nitrogens with zero attached hydrogens (tertiary/aromatic N) is 2. The van der Waals surface area contributed by atoms with Crippen molar-refractivity contribution < 1.29 is 9.59 Å². The zero-order chi connectivity index (χ0) is 13.5. The van der Waals surface area contributed by atoms with E-state index in [4.69, 9.17) is 5.26 Å². The molecule has 1 unspecified atom stereocenters. The second-order valence-electron chi connectivity index (χ2n) is 4.05. The molecule has 0 radical (unpaired) electrons. The van der Waals surface area contributed by atoms with Crippen LogP contribution in [0.25, 0.3) is 0 Å². The lowest BCUT2D eigenvalue weighted by molar-refractivity contribution is -0.134. The SMILES string of the molecule is CCN(CC)C(=O)CNC(=O)C(C)(C#N)CC. The average Bonchev–Trinajstić information content (AvgIpc) is 2.36. The fourth-order valence-electron chi connectivity index (χ4n) is 1.33. The highest BCUT2D eigenvalue weighted by atomic mass is 16.2. The van der Waals surface area contributed by atoms with Crippen molar-refractivity contribution in [2.45, 2.75) is 34.1 Å². The maximum absolute atomic E-state index is 11.7. The first kappa shape index (κ1) is 15.4. The molecule has 17 heavy (non-hydrogen) atoms. The van der Waals surface area contributed by atoms with E-state index in [-0.39, 0.29) is 18.4 Å². The van der Waals surface area contributed by atoms with Gasteiger partial charge in [0.2, 0.25) is 11.8 Å². The van der Waals surface area contributed by atoms with Crippen LogP contribution in [0.2, 0.25) is 0 Å². The van der Waals surface area contributed by atoms with Crippen molar-refractivity contribution in [3.63, 3.8) is 0 Å². The number of hydrogen-bond acceptors (Lipinski definition) is 3. The Labute approximate surface area is 103 Å². The molecule has 2 amide bonds. The van der Waals surface area contributed by atoms with Crippen LogP contribution in [0.4, 0.5) is 0 Å². The van der Waals surface area contributed by atoms with Gasteiger partial charge in [-0.25, -0.2) is 0 Å². The Hall–Kier alpha value is -1.57. The van der Waals surface area contributed by atoms with Gasteiger partial charge in [-0.3, -0.25) is 9.59 Å². The topological polar surface area (TPSA) is 73.2 Å². The highest BCUT2D eigenvalue weighted by molar-refractivity contribution is 5.89. The summed E-state index contributed by atoms with van der Waals surface area (Å²) in [6, 6.07) is 1.97. The van der Waals surface area contributed by atoms with Gasteiger partial charge in [0.1, 0.15) is 5.41 Å². The Morgan fingerprint density at radius 1 is 1.29 bits per heavy atom. The van der Waals surface area contributed by atoms with E-state index < -0.39 is 5.41 Å². The predicted octanol–water partition coefficient (Wildman–Crippen LogP) is 0.911. The third kappa shape index (κ3) is 4.06. The summed E-state index contributed by atoms with van der Waals surface area (Å²) in [6.45, 7) is 8.31. The molecule has 5 heteroatoms. The number of nitriles is 1. The molecule has 0 saturated heterocycles. The zero-order valence-corrected chi connectivity index (χ0v) is 11.0. The van der Waals surface area contributed by atoms with E-state index in [0.29, 0.717) is 19.5 Å². The number of carbonyl (C=O) groups excluding carboxylic acids is 2. The minimum Gasteiger partial charge on any atom is -0.346 e. The van der Waals surface area contributed by atoms with E-state index in [0.717, 1.165) is 0 Å². The van der Waals surface area contributed by atoms with Crippen LogP contribution >= 0.6 is 0 Å². The van der Waals surface area contributed by atoms with Crippen molar-refractivity contribution in [2.24, 2.45) is 5.41 Å². The predicted molar refractivity (Wildman–Crippen MR) is 64.9 cm³/mol. The Balaban J connectivity index is 4.35. The van der Waals surface area contributed by atoms with Crippen LogP contribution in [0.3, 0.4) is 0 Å². The molecular formula is C12H21N3O2. The molecule has 5 nitrogen and oxygen atoms in total. The summed E-state index contributed by atoms with van der Waals surface area (Å²) in [5.41, 5.74) is -1.05. The minimum atomic E-state index is -1.05. The van der Waals surface area contributed by atoms with Crippen molar-refractivity contribution in [3.8, 4) is 6.07 Å². The van der Waals surface area contributed by atoms with Crippen LogP contribution in [0, 0.1) is 16.7 Å². The number of hydrogen-bond donors (Lipinski definition) is 1. The third-order valence-corrected chi connectivity index (χ3v) is 2.97. The molecular weight excluding hydrogens is 218 g/mol. The largest absolute Gasteiger partial charge is 0.346 e. The van der Waals surface area contributed by atoms with Gasteiger partial charge in [0.15, 0.2) is 0 Å². The quantitative estimate of drug-likeness (QED) is 0.748. The summed E-state index contributed by atoms with van der Waals surface area (Å²) >= 11 is 0. The van der Waals surface area contributed by atoms with Crippen LogP contribution in [0.5, 0.6) is 0 Å². The van der Waals surface area contributed by atoms with Gasteiger partial charge in [-0.05, 0) is 27.2 Å². The molecule has 0 aromatic rings. The number of amides is 2. The van der Waals surface area contributed by atoms with Crippen LogP contribution in [0.1, 0.15) is 34.1 Å². The maximum atomic E-state index is 11.7. The second kappa shape index (κ2) is 6.89. The summed E-state index contributed by atoms with van der Waals surface area (Å²) in [5.74, 6) is -0.511. The first-order valence-corrected chi connectivity index (χ1v) is 5.92. The summed E-state index contributed by atoms with van der Waals surface area (Å²) < 4.78 is 0. The van der Waals surface area contributed by atoms with E-state index in [1.807, 2.05) is 19.9 Å². The van der Waals surface area contributed by atoms with E-state index >= 15 is 0 Å². The minimum absolute atomic E-state index is 0.0439. The van der Waals surface area contributed by atoms with E-state index in [1.165, 1.54) is 0 Å². The first-order valence-electron chi connectivity index (χ1n) is 5.92. The summed E-state index contributed by atoms with van der Waals surface area (Å²) in [5, 5.41) is 11.4. The molecule has 0 aliphatic heterocycles. The molecule has 0 heterocycles. The smallest absolute Gasteiger partial charge is 0.241 e. The van der Waals surface area contributed by atoms with Crippen molar-refractivity contribution in [2.75, 3.05) is 19.6 Å². The van der Waals surface area contributed by atoms with Gasteiger partial charge in [-0.1, -0.05) is 6.92 Å². The van der Waals surface area contributed by atoms with Gasteiger partial charge < -0.3 is 10.2 Å². The van der Waals surface area contributed by atoms with Crippen LogP contribution in [-0.4, -0.2) is 36.3 Å². The number of rotatable bonds is 6. The Kier molecular flexibility index (Phi) is 6.26. The van der Waals surface area contributed by atoms with Crippen molar-refractivity contribution in [1.82, 2.24) is 10.2 Å². The normalized spacial score (nSPS) is 13.4. The van der Waals surface area contributed by atoms with Gasteiger partial charge >= 0.3 is 0 Å². The lowest BCUT2D eigenvalue weighted by atomic mass is 9.88. The van der Waals surface area contributed by atoms with Crippen molar-refractivity contribution in [1.29, 1.82) is 5.26 Å². The van der Waals surface area contributed by atoms with E-state index in [1.54, 1.807) is 18.7 Å². The Morgan fingerprint density at radius 3 is 2.18 bits per heavy atom. The molecule has 96 valence electrons. The third-order valence-electron chi connectivity index (χ3n) is 2.97. The first-order chi connectivity index (χ1) is 7.95. The summed E-state index contributed by atoms with van der Waals surface area (Å²) in [7, 11) is 0. The molecule has 1 N–H and O–H groups in total. The average molecular weight is 239 g/mol. The van der Waals surface area contributed by atoms with Crippen LogP contribution in [0.15, 0.2) is 0 Å². The zero-order valence-electron chi connectivity index (χ0n) is 11.0. The van der Waals surface area contributed by atoms with Crippen LogP contribution in [-0.2, 0) is 9.59 Å². The van der Waals surface area contributed by atoms with Gasteiger partial charge in [0.25, 0.3) is 0 Å². The molecule has 0 bridgehead atoms. The Bertz CT molecular complexity index is 318. The van der Waals surface area contributed by atoms with E-state index in [2.05, 4.69) is 5.32 Å². The molecule has 1 atom stereocenters. The molecule has 0 fully saturated rings. The van der Waals surface area contributed by atoms with E-state index in [9.17, 15) is 9.59 Å². The van der Waals surface area contributed by atoms with Crippen molar-refractivity contribution in [3.05, 3.63) is 0 Å². The van der Waals surface area contributed by atoms with Crippen LogP contribution < -0.4 is 5.32 Å². The highest BCUT2D eigenvalue weighted by Gasteiger charge is 2.31. The lowest BCUT2D eigenvalue weighted by Crippen LogP contribution is -2.44. The summed E-state index contributed by atoms with van der Waals surface area (Å²) in [4.78, 5) is 25.0. The second-order valence-corrected chi connectivity index (χ2v) is 4.05. The van der Waals surface area contributed by atoms with Gasteiger partial charge in [0, 0.05) is 13.1 Å². The number of likely N-dealkylation sites (N-methyl/N-ethyl adjacent to an activating group) is 1. The molecule has 0 rings (SSSR count). The lowest BCUT2D eigenvalue weighted by Gasteiger charge is -2.21. The molecule has 0 saturated carbocycles. The number of nitrogens with one attached hydrogen (secondary N) is 1. The monoisotopic (exact) mass is 239 g/mol. The molecule has 0 spiro atoms. The molecule has 0 aromatic heterocycles. The van der Waals surface area contributed by atoms with Gasteiger partial charge in [0.05, 0.1) is 12.6 Å².